The molecule has 2 aromatic carbocycles. The number of benzene rings is 2. The minimum atomic E-state index is -3.66. The van der Waals surface area contributed by atoms with E-state index in [2.05, 4.69) is 10.0 Å². The predicted molar refractivity (Wildman–Crippen MR) is 90.7 cm³/mol. The van der Waals surface area contributed by atoms with Crippen LogP contribution in [0.1, 0.15) is 23.6 Å². The highest BCUT2D eigenvalue weighted by molar-refractivity contribution is 7.89. The van der Waals surface area contributed by atoms with Gasteiger partial charge >= 0.3 is 0 Å². The van der Waals surface area contributed by atoms with Gasteiger partial charge in [-0.3, -0.25) is 4.79 Å². The van der Waals surface area contributed by atoms with Crippen molar-refractivity contribution in [3.63, 3.8) is 0 Å². The van der Waals surface area contributed by atoms with Crippen molar-refractivity contribution < 1.29 is 13.2 Å². The lowest BCUT2D eigenvalue weighted by Gasteiger charge is -2.12. The molecule has 6 heteroatoms. The Morgan fingerprint density at radius 2 is 1.83 bits per heavy atom. The lowest BCUT2D eigenvalue weighted by molar-refractivity contribution is -0.114. The smallest absolute Gasteiger partial charge is 0.241 e. The Morgan fingerprint density at radius 3 is 2.48 bits per heavy atom. The summed E-state index contributed by atoms with van der Waals surface area (Å²) in [4.78, 5) is 11.3. The maximum atomic E-state index is 12.5. The predicted octanol–water partition coefficient (Wildman–Crippen LogP) is 2.74. The average Bonchev–Trinajstić information content (AvgIpc) is 2.47. The molecule has 0 radical (unpaired) electrons. The number of carbonyl (C=O) groups excluding carboxylic acids is 1. The number of hydrogen-bond donors (Lipinski definition) is 2. The number of carbonyl (C=O) groups is 1. The van der Waals surface area contributed by atoms with Crippen LogP contribution < -0.4 is 10.0 Å². The van der Waals surface area contributed by atoms with Gasteiger partial charge in [0.05, 0.1) is 4.90 Å². The van der Waals surface area contributed by atoms with Crippen molar-refractivity contribution >= 4 is 21.6 Å². The monoisotopic (exact) mass is 332 g/mol. The fourth-order valence-electron chi connectivity index (χ4n) is 2.25. The van der Waals surface area contributed by atoms with E-state index in [0.29, 0.717) is 11.3 Å². The number of hydrogen-bond acceptors (Lipinski definition) is 3. The topological polar surface area (TPSA) is 75.3 Å². The lowest BCUT2D eigenvalue weighted by atomic mass is 10.1. The summed E-state index contributed by atoms with van der Waals surface area (Å²) < 4.78 is 27.7. The molecule has 0 aliphatic rings. The van der Waals surface area contributed by atoms with Crippen LogP contribution in [0.5, 0.6) is 0 Å². The first-order valence-corrected chi connectivity index (χ1v) is 8.70. The zero-order valence-corrected chi connectivity index (χ0v) is 14.2. The second-order valence-electron chi connectivity index (χ2n) is 5.48. The Kier molecular flexibility index (Phi) is 5.18. The van der Waals surface area contributed by atoms with Crippen molar-refractivity contribution in [2.45, 2.75) is 32.2 Å². The highest BCUT2D eigenvalue weighted by Gasteiger charge is 2.17. The molecule has 1 amide bonds. The van der Waals surface area contributed by atoms with Crippen LogP contribution in [-0.4, -0.2) is 14.3 Å². The van der Waals surface area contributed by atoms with E-state index in [0.717, 1.165) is 11.1 Å². The fourth-order valence-corrected chi connectivity index (χ4v) is 3.54. The molecule has 2 N–H and O–H groups in total. The molecule has 0 saturated heterocycles. The minimum absolute atomic E-state index is 0.163. The van der Waals surface area contributed by atoms with Crippen LogP contribution in [0.2, 0.25) is 0 Å². The van der Waals surface area contributed by atoms with E-state index < -0.39 is 10.0 Å². The third-order valence-electron chi connectivity index (χ3n) is 3.35. The first-order chi connectivity index (χ1) is 10.8. The zero-order valence-electron chi connectivity index (χ0n) is 13.4. The van der Waals surface area contributed by atoms with Gasteiger partial charge in [-0.1, -0.05) is 35.9 Å². The summed E-state index contributed by atoms with van der Waals surface area (Å²) in [5.41, 5.74) is 3.05. The third kappa shape index (κ3) is 4.64. The molecule has 0 aromatic heterocycles. The average molecular weight is 332 g/mol. The van der Waals surface area contributed by atoms with Crippen molar-refractivity contribution in [2.75, 3.05) is 5.32 Å². The Morgan fingerprint density at radius 1 is 1.09 bits per heavy atom. The van der Waals surface area contributed by atoms with Gasteiger partial charge in [0, 0.05) is 19.2 Å². The molecule has 0 aliphatic carbocycles. The highest BCUT2D eigenvalue weighted by atomic mass is 32.2. The second kappa shape index (κ2) is 6.93. The maximum absolute atomic E-state index is 12.5. The number of anilines is 1. The van der Waals surface area contributed by atoms with Gasteiger partial charge < -0.3 is 5.32 Å². The maximum Gasteiger partial charge on any atom is 0.241 e. The molecule has 0 saturated carbocycles. The van der Waals surface area contributed by atoms with E-state index in [-0.39, 0.29) is 17.3 Å². The minimum Gasteiger partial charge on any atom is -0.326 e. The van der Waals surface area contributed by atoms with Crippen LogP contribution in [0.3, 0.4) is 0 Å². The van der Waals surface area contributed by atoms with E-state index >= 15 is 0 Å². The third-order valence-corrected chi connectivity index (χ3v) is 4.89. The molecule has 0 unspecified atom stereocenters. The Balaban J connectivity index is 2.23. The SMILES string of the molecule is CC(=O)Nc1ccc(C)c(S(=O)(=O)NCc2cccc(C)c2)c1. The van der Waals surface area contributed by atoms with Gasteiger partial charge in [0.1, 0.15) is 0 Å². The molecule has 0 aliphatic heterocycles. The molecule has 2 rings (SSSR count). The van der Waals surface area contributed by atoms with E-state index in [4.69, 9.17) is 0 Å². The summed E-state index contributed by atoms with van der Waals surface area (Å²) in [5.74, 6) is -0.245. The van der Waals surface area contributed by atoms with Crippen molar-refractivity contribution in [1.82, 2.24) is 4.72 Å². The van der Waals surface area contributed by atoms with Crippen LogP contribution in [0.4, 0.5) is 5.69 Å². The van der Waals surface area contributed by atoms with Gasteiger partial charge in [-0.2, -0.15) is 0 Å². The van der Waals surface area contributed by atoms with Crippen LogP contribution in [0.15, 0.2) is 47.4 Å². The van der Waals surface area contributed by atoms with Crippen LogP contribution in [-0.2, 0) is 21.4 Å². The largest absolute Gasteiger partial charge is 0.326 e. The molecule has 0 spiro atoms. The van der Waals surface area contributed by atoms with Gasteiger partial charge in [0.15, 0.2) is 0 Å². The van der Waals surface area contributed by atoms with E-state index in [1.807, 2.05) is 31.2 Å². The Labute approximate surface area is 136 Å². The summed E-state index contributed by atoms with van der Waals surface area (Å²) in [5, 5.41) is 2.59. The molecular weight excluding hydrogens is 312 g/mol. The first kappa shape index (κ1) is 17.2. The fraction of sp³-hybridized carbons (Fsp3) is 0.235. The number of sulfonamides is 1. The molecule has 0 fully saturated rings. The highest BCUT2D eigenvalue weighted by Crippen LogP contribution is 2.20. The summed E-state index contributed by atoms with van der Waals surface area (Å²) in [6.45, 7) is 5.27. The number of rotatable bonds is 5. The van der Waals surface area contributed by atoms with Crippen molar-refractivity contribution in [3.8, 4) is 0 Å². The quantitative estimate of drug-likeness (QED) is 0.884. The molecule has 23 heavy (non-hydrogen) atoms. The number of aryl methyl sites for hydroxylation is 2. The zero-order chi connectivity index (χ0) is 17.0. The molecule has 0 atom stereocenters. The normalized spacial score (nSPS) is 11.3. The second-order valence-corrected chi connectivity index (χ2v) is 7.21. The summed E-state index contributed by atoms with van der Waals surface area (Å²) >= 11 is 0. The molecule has 0 bridgehead atoms. The standard InChI is InChI=1S/C17H20N2O3S/c1-12-5-4-6-15(9-12)11-18-23(21,22)17-10-16(19-14(3)20)8-7-13(17)2/h4-10,18H,11H2,1-3H3,(H,19,20). The summed E-state index contributed by atoms with van der Waals surface area (Å²) in [6, 6.07) is 12.5. The van der Waals surface area contributed by atoms with Gasteiger partial charge in [-0.25, -0.2) is 13.1 Å². The van der Waals surface area contributed by atoms with E-state index in [1.54, 1.807) is 19.1 Å². The first-order valence-electron chi connectivity index (χ1n) is 7.21. The van der Waals surface area contributed by atoms with Gasteiger partial charge in [0.2, 0.25) is 15.9 Å². The van der Waals surface area contributed by atoms with Crippen LogP contribution >= 0.6 is 0 Å². The number of nitrogens with one attached hydrogen (secondary N) is 2. The van der Waals surface area contributed by atoms with Gasteiger partial charge in [0.25, 0.3) is 0 Å². The van der Waals surface area contributed by atoms with Crippen LogP contribution in [0, 0.1) is 13.8 Å². The van der Waals surface area contributed by atoms with Gasteiger partial charge in [-0.15, -0.1) is 0 Å². The summed E-state index contributed by atoms with van der Waals surface area (Å²) in [7, 11) is -3.66. The van der Waals surface area contributed by atoms with Gasteiger partial charge in [-0.05, 0) is 37.1 Å². The van der Waals surface area contributed by atoms with Crippen molar-refractivity contribution in [3.05, 3.63) is 59.2 Å². The van der Waals surface area contributed by atoms with Crippen molar-refractivity contribution in [1.29, 1.82) is 0 Å². The molecule has 2 aromatic rings. The van der Waals surface area contributed by atoms with E-state index in [9.17, 15) is 13.2 Å². The van der Waals surface area contributed by atoms with Crippen LogP contribution in [0.25, 0.3) is 0 Å². The van der Waals surface area contributed by atoms with E-state index in [1.165, 1.54) is 13.0 Å². The lowest BCUT2D eigenvalue weighted by Crippen LogP contribution is -2.24. The molecule has 0 heterocycles. The molecular formula is C17H20N2O3S. The number of amides is 1. The Hall–Kier alpha value is -2.18. The molecule has 5 nitrogen and oxygen atoms in total. The Bertz CT molecular complexity index is 829. The summed E-state index contributed by atoms with van der Waals surface area (Å²) in [6.07, 6.45) is 0. The van der Waals surface area contributed by atoms with Crippen molar-refractivity contribution in [2.24, 2.45) is 0 Å². The molecule has 122 valence electrons.